The van der Waals surface area contributed by atoms with Crippen LogP contribution < -0.4 is 14.8 Å². The standard InChI is InChI=1S/C21H25NO3/c1-4-5-14-25-19-9-7-6-8-17(19)11-13-21(23)22-18-15-16(2)10-12-20(18)24-3/h6-13,15H,4-5,14H2,1-3H3,(H,22,23)/b13-11+. The van der Waals surface area contributed by atoms with Crippen LogP contribution in [-0.4, -0.2) is 19.6 Å². The number of hydrogen-bond acceptors (Lipinski definition) is 3. The average Bonchev–Trinajstić information content (AvgIpc) is 2.61. The molecular formula is C21H25NO3. The molecule has 0 radical (unpaired) electrons. The summed E-state index contributed by atoms with van der Waals surface area (Å²) in [6.45, 7) is 4.77. The number of aryl methyl sites for hydroxylation is 1. The summed E-state index contributed by atoms with van der Waals surface area (Å²) in [5.74, 6) is 1.20. The van der Waals surface area contributed by atoms with E-state index in [0.717, 1.165) is 29.7 Å². The van der Waals surface area contributed by atoms with E-state index in [9.17, 15) is 4.79 Å². The molecule has 2 aromatic rings. The van der Waals surface area contributed by atoms with Crippen molar-refractivity contribution in [2.75, 3.05) is 19.0 Å². The molecule has 1 N–H and O–H groups in total. The van der Waals surface area contributed by atoms with Crippen molar-refractivity contribution in [1.29, 1.82) is 0 Å². The van der Waals surface area contributed by atoms with E-state index in [2.05, 4.69) is 12.2 Å². The molecule has 0 aliphatic carbocycles. The van der Waals surface area contributed by atoms with Gasteiger partial charge < -0.3 is 14.8 Å². The maximum atomic E-state index is 12.2. The molecular weight excluding hydrogens is 314 g/mol. The highest BCUT2D eigenvalue weighted by Crippen LogP contribution is 2.25. The molecule has 0 unspecified atom stereocenters. The second kappa shape index (κ2) is 9.52. The van der Waals surface area contributed by atoms with Crippen molar-refractivity contribution in [2.45, 2.75) is 26.7 Å². The first-order valence-electron chi connectivity index (χ1n) is 8.49. The van der Waals surface area contributed by atoms with E-state index in [0.29, 0.717) is 18.0 Å². The van der Waals surface area contributed by atoms with Gasteiger partial charge in [0.2, 0.25) is 5.91 Å². The largest absolute Gasteiger partial charge is 0.495 e. The molecule has 25 heavy (non-hydrogen) atoms. The molecule has 0 saturated heterocycles. The number of unbranched alkanes of at least 4 members (excludes halogenated alkanes) is 1. The zero-order chi connectivity index (χ0) is 18.1. The van der Waals surface area contributed by atoms with Crippen LogP contribution in [0.15, 0.2) is 48.5 Å². The number of carbonyl (C=O) groups is 1. The van der Waals surface area contributed by atoms with Crippen LogP contribution in [0.1, 0.15) is 30.9 Å². The minimum absolute atomic E-state index is 0.215. The zero-order valence-corrected chi connectivity index (χ0v) is 15.0. The molecule has 4 nitrogen and oxygen atoms in total. The lowest BCUT2D eigenvalue weighted by atomic mass is 10.1. The molecule has 0 aliphatic heterocycles. The van der Waals surface area contributed by atoms with Gasteiger partial charge in [0, 0.05) is 11.6 Å². The molecule has 0 bridgehead atoms. The normalized spacial score (nSPS) is 10.7. The predicted octanol–water partition coefficient (Wildman–Crippen LogP) is 4.83. The van der Waals surface area contributed by atoms with Gasteiger partial charge in [-0.05, 0) is 43.2 Å². The van der Waals surface area contributed by atoms with Crippen molar-refractivity contribution < 1.29 is 14.3 Å². The molecule has 2 aromatic carbocycles. The minimum atomic E-state index is -0.215. The van der Waals surface area contributed by atoms with Crippen LogP contribution in [0.25, 0.3) is 6.08 Å². The number of benzene rings is 2. The summed E-state index contributed by atoms with van der Waals surface area (Å²) in [5.41, 5.74) is 2.59. The predicted molar refractivity (Wildman–Crippen MR) is 102 cm³/mol. The Morgan fingerprint density at radius 2 is 1.96 bits per heavy atom. The van der Waals surface area contributed by atoms with Gasteiger partial charge in [-0.1, -0.05) is 37.6 Å². The second-order valence-corrected chi connectivity index (χ2v) is 5.77. The first-order chi connectivity index (χ1) is 12.1. The molecule has 0 spiro atoms. The summed E-state index contributed by atoms with van der Waals surface area (Å²) in [5, 5.41) is 2.85. The Morgan fingerprint density at radius 3 is 2.72 bits per heavy atom. The van der Waals surface area contributed by atoms with Gasteiger partial charge >= 0.3 is 0 Å². The fourth-order valence-electron chi connectivity index (χ4n) is 2.34. The maximum absolute atomic E-state index is 12.2. The van der Waals surface area contributed by atoms with Gasteiger partial charge in [0.25, 0.3) is 0 Å². The van der Waals surface area contributed by atoms with E-state index in [1.807, 2.05) is 49.4 Å². The van der Waals surface area contributed by atoms with Crippen LogP contribution in [-0.2, 0) is 4.79 Å². The van der Waals surface area contributed by atoms with Gasteiger partial charge in [-0.3, -0.25) is 4.79 Å². The highest BCUT2D eigenvalue weighted by molar-refractivity contribution is 6.03. The molecule has 2 rings (SSSR count). The van der Waals surface area contributed by atoms with Crippen LogP contribution >= 0.6 is 0 Å². The summed E-state index contributed by atoms with van der Waals surface area (Å²) in [6.07, 6.45) is 5.35. The number of nitrogens with one attached hydrogen (secondary N) is 1. The maximum Gasteiger partial charge on any atom is 0.248 e. The molecule has 0 aliphatic rings. The highest BCUT2D eigenvalue weighted by Gasteiger charge is 2.06. The van der Waals surface area contributed by atoms with Crippen LogP contribution in [0.5, 0.6) is 11.5 Å². The quantitative estimate of drug-likeness (QED) is 0.553. The third kappa shape index (κ3) is 5.68. The number of ether oxygens (including phenoxy) is 2. The van der Waals surface area contributed by atoms with Crippen molar-refractivity contribution in [1.82, 2.24) is 0 Å². The summed E-state index contributed by atoms with van der Waals surface area (Å²) in [4.78, 5) is 12.2. The van der Waals surface area contributed by atoms with Crippen LogP contribution in [0.2, 0.25) is 0 Å². The average molecular weight is 339 g/mol. The third-order valence-electron chi connectivity index (χ3n) is 3.70. The lowest BCUT2D eigenvalue weighted by Gasteiger charge is -2.10. The number of anilines is 1. The molecule has 1 amide bonds. The molecule has 0 fully saturated rings. The molecule has 4 heteroatoms. The Bertz CT molecular complexity index is 738. The molecule has 0 aromatic heterocycles. The van der Waals surface area contributed by atoms with Gasteiger partial charge in [-0.2, -0.15) is 0 Å². The van der Waals surface area contributed by atoms with Crippen LogP contribution in [0, 0.1) is 6.92 Å². The van der Waals surface area contributed by atoms with Crippen LogP contribution in [0.3, 0.4) is 0 Å². The van der Waals surface area contributed by atoms with Gasteiger partial charge in [0.1, 0.15) is 11.5 Å². The van der Waals surface area contributed by atoms with Crippen molar-refractivity contribution in [3.05, 3.63) is 59.7 Å². The molecule has 0 atom stereocenters. The Labute approximate surface area is 149 Å². The minimum Gasteiger partial charge on any atom is -0.495 e. The monoisotopic (exact) mass is 339 g/mol. The SMILES string of the molecule is CCCCOc1ccccc1/C=C/C(=O)Nc1cc(C)ccc1OC. The van der Waals surface area contributed by atoms with E-state index in [1.54, 1.807) is 13.2 Å². The summed E-state index contributed by atoms with van der Waals surface area (Å²) in [6, 6.07) is 13.4. The number of para-hydroxylation sites is 1. The number of amides is 1. The Balaban J connectivity index is 2.07. The third-order valence-corrected chi connectivity index (χ3v) is 3.70. The molecule has 0 saturated carbocycles. The Hall–Kier alpha value is -2.75. The van der Waals surface area contributed by atoms with Gasteiger partial charge in [-0.25, -0.2) is 0 Å². The number of rotatable bonds is 8. The van der Waals surface area contributed by atoms with Gasteiger partial charge in [0.15, 0.2) is 0 Å². The van der Waals surface area contributed by atoms with Gasteiger partial charge in [0.05, 0.1) is 19.4 Å². The van der Waals surface area contributed by atoms with Gasteiger partial charge in [-0.15, -0.1) is 0 Å². The van der Waals surface area contributed by atoms with Crippen LogP contribution in [0.4, 0.5) is 5.69 Å². The fourth-order valence-corrected chi connectivity index (χ4v) is 2.34. The summed E-state index contributed by atoms with van der Waals surface area (Å²) in [7, 11) is 1.58. The number of carbonyl (C=O) groups excluding carboxylic acids is 1. The van der Waals surface area contributed by atoms with E-state index >= 15 is 0 Å². The van der Waals surface area contributed by atoms with E-state index < -0.39 is 0 Å². The Morgan fingerprint density at radius 1 is 1.16 bits per heavy atom. The highest BCUT2D eigenvalue weighted by atomic mass is 16.5. The van der Waals surface area contributed by atoms with Crippen molar-refractivity contribution in [3.8, 4) is 11.5 Å². The summed E-state index contributed by atoms with van der Waals surface area (Å²) >= 11 is 0. The smallest absolute Gasteiger partial charge is 0.248 e. The summed E-state index contributed by atoms with van der Waals surface area (Å²) < 4.78 is 11.1. The second-order valence-electron chi connectivity index (χ2n) is 5.77. The first-order valence-corrected chi connectivity index (χ1v) is 8.49. The first kappa shape index (κ1) is 18.6. The number of methoxy groups -OCH3 is 1. The van der Waals surface area contributed by atoms with E-state index in [4.69, 9.17) is 9.47 Å². The van der Waals surface area contributed by atoms with E-state index in [-0.39, 0.29) is 5.91 Å². The molecule has 0 heterocycles. The van der Waals surface area contributed by atoms with Crippen molar-refractivity contribution in [2.24, 2.45) is 0 Å². The van der Waals surface area contributed by atoms with E-state index in [1.165, 1.54) is 6.08 Å². The fraction of sp³-hybridized carbons (Fsp3) is 0.286. The van der Waals surface area contributed by atoms with Crippen molar-refractivity contribution >= 4 is 17.7 Å². The Kier molecular flexibility index (Phi) is 7.08. The molecule has 132 valence electrons. The lowest BCUT2D eigenvalue weighted by Crippen LogP contribution is -2.09. The van der Waals surface area contributed by atoms with Crippen molar-refractivity contribution in [3.63, 3.8) is 0 Å². The zero-order valence-electron chi connectivity index (χ0n) is 15.0. The lowest BCUT2D eigenvalue weighted by molar-refractivity contribution is -0.111. The number of hydrogen-bond donors (Lipinski definition) is 1. The topological polar surface area (TPSA) is 47.6 Å².